The minimum Gasteiger partial charge on any atom is -0.325 e. The number of hydrogen-bond acceptors (Lipinski definition) is 5. The lowest BCUT2D eigenvalue weighted by molar-refractivity contribution is -0.122. The second-order valence-electron chi connectivity index (χ2n) is 8.09. The molecule has 2 heterocycles. The lowest BCUT2D eigenvalue weighted by Crippen LogP contribution is -2.35. The normalized spacial score (nSPS) is 17.2. The van der Waals surface area contributed by atoms with Crippen molar-refractivity contribution in [3.63, 3.8) is 0 Å². The highest BCUT2D eigenvalue weighted by atomic mass is 32.2. The Morgan fingerprint density at radius 2 is 1.49 bits per heavy atom. The molecule has 0 radical (unpaired) electrons. The van der Waals surface area contributed by atoms with E-state index in [1.807, 2.05) is 60.7 Å². The van der Waals surface area contributed by atoms with Gasteiger partial charge in [0.25, 0.3) is 11.8 Å². The van der Waals surface area contributed by atoms with Crippen molar-refractivity contribution >= 4 is 63.0 Å². The number of anilines is 2. The quantitative estimate of drug-likeness (QED) is 0.400. The van der Waals surface area contributed by atoms with Crippen LogP contribution in [0.5, 0.6) is 0 Å². The number of amides is 3. The van der Waals surface area contributed by atoms with Crippen molar-refractivity contribution in [2.75, 3.05) is 23.3 Å². The van der Waals surface area contributed by atoms with E-state index in [9.17, 15) is 14.4 Å². The Balaban J connectivity index is 1.40. The van der Waals surface area contributed by atoms with E-state index in [1.54, 1.807) is 29.2 Å². The van der Waals surface area contributed by atoms with E-state index in [2.05, 4.69) is 5.32 Å². The molecule has 1 fully saturated rings. The van der Waals surface area contributed by atoms with Crippen molar-refractivity contribution in [3.05, 3.63) is 101 Å². The number of benzene rings is 3. The molecule has 0 aromatic heterocycles. The zero-order valence-electron chi connectivity index (χ0n) is 18.6. The molecule has 1 N–H and O–H groups in total. The number of thioether (sulfide) groups is 1. The Bertz CT molecular complexity index is 1360. The molecule has 0 atom stereocenters. The molecule has 3 amide bonds. The Morgan fingerprint density at radius 3 is 2.23 bits per heavy atom. The molecule has 0 aliphatic carbocycles. The summed E-state index contributed by atoms with van der Waals surface area (Å²) in [6.45, 7) is 0.271. The molecule has 174 valence electrons. The Morgan fingerprint density at radius 1 is 0.829 bits per heavy atom. The summed E-state index contributed by atoms with van der Waals surface area (Å²) in [5.74, 6) is -0.973. The van der Waals surface area contributed by atoms with Gasteiger partial charge in [0.2, 0.25) is 5.91 Å². The van der Waals surface area contributed by atoms with E-state index in [-0.39, 0.29) is 24.3 Å². The van der Waals surface area contributed by atoms with E-state index < -0.39 is 0 Å². The van der Waals surface area contributed by atoms with E-state index in [1.165, 1.54) is 4.90 Å². The zero-order valence-corrected chi connectivity index (χ0v) is 20.3. The molecular weight excluding hydrogens is 478 g/mol. The van der Waals surface area contributed by atoms with Crippen LogP contribution in [0, 0.1) is 0 Å². The number of fused-ring (bicyclic) bond motifs is 1. The molecule has 8 heteroatoms. The molecule has 35 heavy (non-hydrogen) atoms. The third-order valence-corrected chi connectivity index (χ3v) is 7.27. The Labute approximate surface area is 212 Å². The minimum absolute atomic E-state index is 0.164. The largest absolute Gasteiger partial charge is 0.325 e. The number of para-hydroxylation sites is 2. The van der Waals surface area contributed by atoms with E-state index in [4.69, 9.17) is 12.2 Å². The van der Waals surface area contributed by atoms with Crippen LogP contribution < -0.4 is 10.2 Å². The number of rotatable bonds is 6. The van der Waals surface area contributed by atoms with Crippen LogP contribution >= 0.6 is 24.0 Å². The summed E-state index contributed by atoms with van der Waals surface area (Å²) in [5.41, 5.74) is 3.29. The fourth-order valence-electron chi connectivity index (χ4n) is 4.15. The van der Waals surface area contributed by atoms with E-state index in [0.29, 0.717) is 44.7 Å². The fourth-order valence-corrected chi connectivity index (χ4v) is 5.53. The second kappa shape index (κ2) is 9.85. The first kappa shape index (κ1) is 23.0. The summed E-state index contributed by atoms with van der Waals surface area (Å²) in [7, 11) is 0. The van der Waals surface area contributed by atoms with Crippen LogP contribution in [0.25, 0.3) is 5.57 Å². The van der Waals surface area contributed by atoms with Crippen LogP contribution in [0.3, 0.4) is 0 Å². The van der Waals surface area contributed by atoms with Gasteiger partial charge < -0.3 is 5.32 Å². The standard InChI is InChI=1S/C27H21N3O3S2/c31-22(28-19-11-5-2-6-12-19)17-30-21-14-8-7-13-20(21)23(25(30)32)24-26(33)29(27(34)35-24)16-15-18-9-3-1-4-10-18/h1-14H,15-17H2,(H,28,31)/b24-23+. The number of nitrogens with one attached hydrogen (secondary N) is 1. The molecule has 0 unspecified atom stereocenters. The van der Waals surface area contributed by atoms with E-state index >= 15 is 0 Å². The van der Waals surface area contributed by atoms with Crippen molar-refractivity contribution in [2.24, 2.45) is 0 Å². The number of thiocarbonyl (C=S) groups is 1. The van der Waals surface area contributed by atoms with Gasteiger partial charge >= 0.3 is 0 Å². The monoisotopic (exact) mass is 499 g/mol. The van der Waals surface area contributed by atoms with Gasteiger partial charge in [0.05, 0.1) is 16.2 Å². The molecule has 3 aromatic carbocycles. The number of hydrogen-bond donors (Lipinski definition) is 1. The van der Waals surface area contributed by atoms with Crippen LogP contribution in [0.2, 0.25) is 0 Å². The molecule has 6 nitrogen and oxygen atoms in total. The third kappa shape index (κ3) is 4.62. The van der Waals surface area contributed by atoms with Crippen molar-refractivity contribution in [1.82, 2.24) is 4.90 Å². The lowest BCUT2D eigenvalue weighted by atomic mass is 10.1. The maximum Gasteiger partial charge on any atom is 0.267 e. The molecule has 2 aliphatic rings. The van der Waals surface area contributed by atoms with Crippen LogP contribution in [0.4, 0.5) is 11.4 Å². The van der Waals surface area contributed by atoms with Gasteiger partial charge in [-0.05, 0) is 30.2 Å². The van der Waals surface area contributed by atoms with Crippen molar-refractivity contribution in [1.29, 1.82) is 0 Å². The highest BCUT2D eigenvalue weighted by Gasteiger charge is 2.42. The molecule has 3 aromatic rings. The van der Waals surface area contributed by atoms with Crippen LogP contribution in [-0.2, 0) is 20.8 Å². The summed E-state index contributed by atoms with van der Waals surface area (Å²) >= 11 is 6.64. The van der Waals surface area contributed by atoms with Crippen LogP contribution in [0.1, 0.15) is 11.1 Å². The topological polar surface area (TPSA) is 69.7 Å². The van der Waals surface area contributed by atoms with Crippen molar-refractivity contribution < 1.29 is 14.4 Å². The Kier molecular flexibility index (Phi) is 6.48. The maximum absolute atomic E-state index is 13.5. The molecular formula is C27H21N3O3S2. The minimum atomic E-state index is -0.377. The van der Waals surface area contributed by atoms with E-state index in [0.717, 1.165) is 17.3 Å². The van der Waals surface area contributed by atoms with Gasteiger partial charge in [0, 0.05) is 17.8 Å². The number of nitrogens with zero attached hydrogens (tertiary/aromatic N) is 2. The van der Waals surface area contributed by atoms with Gasteiger partial charge in [-0.2, -0.15) is 0 Å². The molecule has 0 bridgehead atoms. The van der Waals surface area contributed by atoms with Crippen LogP contribution in [0.15, 0.2) is 89.8 Å². The van der Waals surface area contributed by atoms with Crippen molar-refractivity contribution in [3.8, 4) is 0 Å². The summed E-state index contributed by atoms with van der Waals surface area (Å²) < 4.78 is 0.430. The summed E-state index contributed by atoms with van der Waals surface area (Å²) in [5, 5.41) is 2.81. The smallest absolute Gasteiger partial charge is 0.267 e. The Hall–Kier alpha value is -3.75. The highest BCUT2D eigenvalue weighted by molar-refractivity contribution is 8.26. The average molecular weight is 500 g/mol. The van der Waals surface area contributed by atoms with Gasteiger partial charge in [0.15, 0.2) is 0 Å². The van der Waals surface area contributed by atoms with Gasteiger partial charge in [-0.25, -0.2) is 0 Å². The maximum atomic E-state index is 13.5. The third-order valence-electron chi connectivity index (χ3n) is 5.83. The van der Waals surface area contributed by atoms with Gasteiger partial charge in [-0.3, -0.25) is 24.2 Å². The summed E-state index contributed by atoms with van der Waals surface area (Å²) in [6.07, 6.45) is 0.659. The molecule has 0 spiro atoms. The first-order valence-electron chi connectivity index (χ1n) is 11.1. The first-order chi connectivity index (χ1) is 17.0. The van der Waals surface area contributed by atoms with Gasteiger partial charge in [-0.1, -0.05) is 90.7 Å². The summed E-state index contributed by atoms with van der Waals surface area (Å²) in [6, 6.07) is 26.1. The lowest BCUT2D eigenvalue weighted by Gasteiger charge is -2.16. The molecule has 1 saturated heterocycles. The first-order valence-corrected chi connectivity index (χ1v) is 12.3. The molecule has 0 saturated carbocycles. The SMILES string of the molecule is O=C(CN1C(=O)/C(=C2/SC(=S)N(CCc3ccccc3)C2=O)c2ccccc21)Nc1ccccc1. The second-order valence-corrected chi connectivity index (χ2v) is 9.73. The fraction of sp³-hybridized carbons (Fsp3) is 0.111. The van der Waals surface area contributed by atoms with Crippen molar-refractivity contribution in [2.45, 2.75) is 6.42 Å². The summed E-state index contributed by atoms with van der Waals surface area (Å²) in [4.78, 5) is 42.9. The molecule has 5 rings (SSSR count). The number of carbonyl (C=O) groups is 3. The average Bonchev–Trinajstić information content (AvgIpc) is 3.30. The molecule has 2 aliphatic heterocycles. The predicted octanol–water partition coefficient (Wildman–Crippen LogP) is 4.49. The highest BCUT2D eigenvalue weighted by Crippen LogP contribution is 2.44. The number of carbonyl (C=O) groups excluding carboxylic acids is 3. The zero-order chi connectivity index (χ0) is 24.4. The van der Waals surface area contributed by atoms with Gasteiger partial charge in [-0.15, -0.1) is 0 Å². The predicted molar refractivity (Wildman–Crippen MR) is 143 cm³/mol. The van der Waals surface area contributed by atoms with Gasteiger partial charge in [0.1, 0.15) is 10.9 Å². The van der Waals surface area contributed by atoms with Crippen LogP contribution in [-0.4, -0.2) is 40.0 Å².